The molecule has 5 atom stereocenters. The monoisotopic (exact) mass is 391 g/mol. The molecule has 1 N–H and O–H groups in total. The van der Waals surface area contributed by atoms with E-state index in [9.17, 15) is 5.11 Å². The van der Waals surface area contributed by atoms with Crippen molar-refractivity contribution in [3.8, 4) is 0 Å². The highest BCUT2D eigenvalue weighted by Gasteiger charge is 2.53. The minimum absolute atomic E-state index is 0.0584. The van der Waals surface area contributed by atoms with Gasteiger partial charge in [0.05, 0.1) is 12.7 Å². The molecule has 0 unspecified atom stereocenters. The number of piperidine rings is 1. The molecule has 28 heavy (non-hydrogen) atoms. The van der Waals surface area contributed by atoms with Gasteiger partial charge in [0.2, 0.25) is 0 Å². The van der Waals surface area contributed by atoms with Crippen molar-refractivity contribution in [2.24, 2.45) is 0 Å². The number of aliphatic hydroxyl groups is 1. The molecule has 3 heterocycles. The molecule has 0 bridgehead atoms. The summed E-state index contributed by atoms with van der Waals surface area (Å²) in [4.78, 5) is 2.42. The van der Waals surface area contributed by atoms with Gasteiger partial charge in [-0.3, -0.25) is 4.90 Å². The normalized spacial score (nSPS) is 38.0. The zero-order valence-electron chi connectivity index (χ0n) is 17.3. The summed E-state index contributed by atoms with van der Waals surface area (Å²) in [6, 6.07) is 10.5. The molecule has 3 fully saturated rings. The van der Waals surface area contributed by atoms with Crippen LogP contribution in [0.25, 0.3) is 0 Å². The summed E-state index contributed by atoms with van der Waals surface area (Å²) in [7, 11) is 0. The molecule has 0 aromatic heterocycles. The third-order valence-electron chi connectivity index (χ3n) is 5.90. The minimum Gasteiger partial charge on any atom is -0.393 e. The van der Waals surface area contributed by atoms with Crippen LogP contribution in [0.2, 0.25) is 0 Å². The lowest BCUT2D eigenvalue weighted by Crippen LogP contribution is -2.55. The molecule has 6 heteroatoms. The summed E-state index contributed by atoms with van der Waals surface area (Å²) in [6.45, 7) is 9.90. The highest BCUT2D eigenvalue weighted by molar-refractivity contribution is 5.15. The fourth-order valence-corrected chi connectivity index (χ4v) is 4.66. The van der Waals surface area contributed by atoms with Gasteiger partial charge in [0.25, 0.3) is 0 Å². The Morgan fingerprint density at radius 2 is 1.71 bits per heavy atom. The number of ether oxygens (including phenoxy) is 4. The molecule has 1 aromatic rings. The summed E-state index contributed by atoms with van der Waals surface area (Å²) in [5, 5.41) is 10.4. The average molecular weight is 392 g/mol. The van der Waals surface area contributed by atoms with Crippen molar-refractivity contribution >= 4 is 0 Å². The number of rotatable bonds is 4. The van der Waals surface area contributed by atoms with Crippen LogP contribution in [0.15, 0.2) is 30.3 Å². The topological polar surface area (TPSA) is 60.4 Å². The first kappa shape index (κ1) is 20.3. The van der Waals surface area contributed by atoms with Gasteiger partial charge >= 0.3 is 0 Å². The van der Waals surface area contributed by atoms with Crippen molar-refractivity contribution in [2.75, 3.05) is 13.2 Å². The number of hydrogen-bond donors (Lipinski definition) is 1. The van der Waals surface area contributed by atoms with E-state index in [4.69, 9.17) is 18.9 Å². The molecule has 0 aliphatic carbocycles. The van der Waals surface area contributed by atoms with Gasteiger partial charge in [-0.15, -0.1) is 0 Å². The van der Waals surface area contributed by atoms with Crippen LogP contribution in [0.5, 0.6) is 0 Å². The molecule has 0 radical (unpaired) electrons. The van der Waals surface area contributed by atoms with Crippen molar-refractivity contribution in [3.63, 3.8) is 0 Å². The molecule has 3 saturated heterocycles. The Kier molecular flexibility index (Phi) is 5.55. The molecule has 156 valence electrons. The number of likely N-dealkylation sites (tertiary alicyclic amines) is 1. The van der Waals surface area contributed by atoms with E-state index in [-0.39, 0.29) is 30.5 Å². The zero-order chi connectivity index (χ0) is 19.9. The van der Waals surface area contributed by atoms with Crippen LogP contribution in [0.3, 0.4) is 0 Å². The maximum absolute atomic E-state index is 10.4. The van der Waals surface area contributed by atoms with Gasteiger partial charge < -0.3 is 24.1 Å². The third-order valence-corrected chi connectivity index (χ3v) is 5.90. The molecule has 0 spiro atoms. The predicted molar refractivity (Wildman–Crippen MR) is 105 cm³/mol. The van der Waals surface area contributed by atoms with Gasteiger partial charge in [-0.25, -0.2) is 0 Å². The smallest absolute Gasteiger partial charge is 0.163 e. The van der Waals surface area contributed by atoms with Crippen molar-refractivity contribution in [3.05, 3.63) is 35.9 Å². The van der Waals surface area contributed by atoms with E-state index in [1.165, 1.54) is 5.56 Å². The van der Waals surface area contributed by atoms with E-state index in [0.717, 1.165) is 19.5 Å². The second kappa shape index (κ2) is 7.67. The van der Waals surface area contributed by atoms with Crippen molar-refractivity contribution in [1.82, 2.24) is 4.90 Å². The van der Waals surface area contributed by atoms with E-state index in [1.807, 2.05) is 33.8 Å². The lowest BCUT2D eigenvalue weighted by Gasteiger charge is -2.42. The van der Waals surface area contributed by atoms with Gasteiger partial charge in [0.15, 0.2) is 11.6 Å². The first-order valence-electron chi connectivity index (χ1n) is 10.4. The fraction of sp³-hybridized carbons (Fsp3) is 0.727. The Balaban J connectivity index is 1.56. The second-order valence-corrected chi connectivity index (χ2v) is 9.13. The second-order valence-electron chi connectivity index (χ2n) is 9.13. The van der Waals surface area contributed by atoms with Crippen molar-refractivity contribution in [2.45, 2.75) is 89.1 Å². The van der Waals surface area contributed by atoms with Crippen LogP contribution in [0, 0.1) is 0 Å². The maximum atomic E-state index is 10.4. The summed E-state index contributed by atoms with van der Waals surface area (Å²) in [5.74, 6) is -1.30. The first-order chi connectivity index (χ1) is 13.2. The molecular weight excluding hydrogens is 358 g/mol. The Morgan fingerprint density at radius 1 is 1.00 bits per heavy atom. The fourth-order valence-electron chi connectivity index (χ4n) is 4.66. The molecule has 4 rings (SSSR count). The van der Waals surface area contributed by atoms with Crippen LogP contribution in [0.4, 0.5) is 0 Å². The number of benzene rings is 1. The highest BCUT2D eigenvalue weighted by Crippen LogP contribution is 2.40. The van der Waals surface area contributed by atoms with Crippen molar-refractivity contribution in [1.29, 1.82) is 0 Å². The SMILES string of the molecule is CC1(C)O[C@@H]([C@H]2C[C@@H](O)CCN2Cc2ccccc2)[C@@H]([C@H]2COC(C)(C)O2)O1. The van der Waals surface area contributed by atoms with E-state index >= 15 is 0 Å². The summed E-state index contributed by atoms with van der Waals surface area (Å²) in [6.07, 6.45) is 0.536. The van der Waals surface area contributed by atoms with E-state index < -0.39 is 11.6 Å². The first-order valence-corrected chi connectivity index (χ1v) is 10.4. The Hall–Kier alpha value is -1.02. The average Bonchev–Trinajstić information content (AvgIpc) is 3.16. The number of aliphatic hydroxyl groups excluding tert-OH is 1. The Morgan fingerprint density at radius 3 is 2.39 bits per heavy atom. The predicted octanol–water partition coefficient (Wildman–Crippen LogP) is 2.68. The molecule has 0 saturated carbocycles. The number of hydrogen-bond acceptors (Lipinski definition) is 6. The van der Waals surface area contributed by atoms with E-state index in [2.05, 4.69) is 29.2 Å². The lowest BCUT2D eigenvalue weighted by atomic mass is 9.90. The highest BCUT2D eigenvalue weighted by atomic mass is 16.8. The van der Waals surface area contributed by atoms with Crippen LogP contribution >= 0.6 is 0 Å². The van der Waals surface area contributed by atoms with Crippen LogP contribution in [-0.4, -0.2) is 65.2 Å². The maximum Gasteiger partial charge on any atom is 0.163 e. The van der Waals surface area contributed by atoms with E-state index in [1.54, 1.807) is 0 Å². The molecule has 0 amide bonds. The lowest BCUT2D eigenvalue weighted by molar-refractivity contribution is -0.175. The molecule has 3 aliphatic heterocycles. The van der Waals surface area contributed by atoms with Gasteiger partial charge in [-0.05, 0) is 46.1 Å². The molecule has 3 aliphatic rings. The molecular formula is C22H33NO5. The molecule has 6 nitrogen and oxygen atoms in total. The Bertz CT molecular complexity index is 664. The van der Waals surface area contributed by atoms with Gasteiger partial charge in [0, 0.05) is 19.1 Å². The van der Waals surface area contributed by atoms with Gasteiger partial charge in [0.1, 0.15) is 18.3 Å². The van der Waals surface area contributed by atoms with Crippen LogP contribution in [0.1, 0.15) is 46.1 Å². The summed E-state index contributed by atoms with van der Waals surface area (Å²) >= 11 is 0. The zero-order valence-corrected chi connectivity index (χ0v) is 17.3. The summed E-state index contributed by atoms with van der Waals surface area (Å²) < 4.78 is 24.6. The standard InChI is InChI=1S/C22H33NO5/c1-21(2)25-14-18(26-21)20-19(27-22(3,4)28-20)17-12-16(24)10-11-23(17)13-15-8-6-5-7-9-15/h5-9,16-20,24H,10-14H2,1-4H3/t16-,17+,18+,19-,20+/m0/s1. The van der Waals surface area contributed by atoms with Crippen molar-refractivity contribution < 1.29 is 24.1 Å². The van der Waals surface area contributed by atoms with Crippen LogP contribution < -0.4 is 0 Å². The van der Waals surface area contributed by atoms with Crippen LogP contribution in [-0.2, 0) is 25.5 Å². The Labute approximate surface area is 167 Å². The number of nitrogens with zero attached hydrogens (tertiary/aromatic N) is 1. The largest absolute Gasteiger partial charge is 0.393 e. The van der Waals surface area contributed by atoms with Gasteiger partial charge in [-0.1, -0.05) is 30.3 Å². The van der Waals surface area contributed by atoms with E-state index in [0.29, 0.717) is 13.0 Å². The minimum atomic E-state index is -0.688. The molecule has 1 aromatic carbocycles. The summed E-state index contributed by atoms with van der Waals surface area (Å²) in [5.41, 5.74) is 1.26. The third kappa shape index (κ3) is 4.42. The van der Waals surface area contributed by atoms with Gasteiger partial charge in [-0.2, -0.15) is 0 Å². The quantitative estimate of drug-likeness (QED) is 0.852.